The molecule has 2 nitrogen and oxygen atoms in total. The molecule has 1 unspecified atom stereocenters. The predicted molar refractivity (Wildman–Crippen MR) is 125 cm³/mol. The van der Waals surface area contributed by atoms with Crippen LogP contribution in [0.15, 0.2) is 89.5 Å². The molecule has 0 radical (unpaired) electrons. The van der Waals surface area contributed by atoms with Gasteiger partial charge in [-0.15, -0.1) is 0 Å². The molecule has 0 bridgehead atoms. The van der Waals surface area contributed by atoms with Gasteiger partial charge >= 0.3 is 0 Å². The highest BCUT2D eigenvalue weighted by atomic mass is 16.3. The number of aromatic nitrogens is 1. The van der Waals surface area contributed by atoms with E-state index in [2.05, 4.69) is 105 Å². The highest BCUT2D eigenvalue weighted by molar-refractivity contribution is 6.06. The van der Waals surface area contributed by atoms with E-state index < -0.39 is 0 Å². The molecule has 0 aliphatic carbocycles. The zero-order valence-corrected chi connectivity index (χ0v) is 17.6. The smallest absolute Gasteiger partial charge is 0.135 e. The molecule has 0 saturated heterocycles. The summed E-state index contributed by atoms with van der Waals surface area (Å²) in [6, 6.07) is 27.9. The van der Waals surface area contributed by atoms with Crippen molar-refractivity contribution in [2.45, 2.75) is 32.6 Å². The minimum atomic E-state index is 0.327. The summed E-state index contributed by atoms with van der Waals surface area (Å²) in [5, 5.41) is 2.30. The van der Waals surface area contributed by atoms with Crippen LogP contribution in [0.2, 0.25) is 0 Å². The lowest BCUT2D eigenvalue weighted by Gasteiger charge is -2.12. The van der Waals surface area contributed by atoms with Gasteiger partial charge in [0.15, 0.2) is 0 Å². The van der Waals surface area contributed by atoms with Gasteiger partial charge in [0, 0.05) is 28.5 Å². The average Bonchev–Trinajstić information content (AvgIpc) is 3.16. The second kappa shape index (κ2) is 7.46. The van der Waals surface area contributed by atoms with Crippen LogP contribution in [0.4, 0.5) is 0 Å². The van der Waals surface area contributed by atoms with Crippen LogP contribution in [-0.4, -0.2) is 4.98 Å². The van der Waals surface area contributed by atoms with E-state index in [-0.39, 0.29) is 0 Å². The SMILES string of the molecule is CC(C)c1ccnc(-c2ccc3oc4ccc(C(C)c5ccccc5)cc4c3c2)c1. The normalized spacial score (nSPS) is 12.7. The standard InChI is InChI=1S/C28H25NO/c1-18(2)21-13-14-29-26(17-21)23-10-12-28-25(16-23)24-15-22(9-11-27(24)30-28)19(3)20-7-5-4-6-8-20/h4-19H,1-3H3. The summed E-state index contributed by atoms with van der Waals surface area (Å²) >= 11 is 0. The Kier molecular flexibility index (Phi) is 4.63. The quantitative estimate of drug-likeness (QED) is 0.311. The molecule has 30 heavy (non-hydrogen) atoms. The average molecular weight is 392 g/mol. The van der Waals surface area contributed by atoms with Crippen LogP contribution >= 0.6 is 0 Å². The first-order valence-electron chi connectivity index (χ1n) is 10.6. The number of furan rings is 1. The maximum atomic E-state index is 6.13. The molecule has 0 fully saturated rings. The van der Waals surface area contributed by atoms with Crippen LogP contribution in [0, 0.1) is 0 Å². The first-order valence-corrected chi connectivity index (χ1v) is 10.6. The van der Waals surface area contributed by atoms with Crippen LogP contribution in [0.1, 0.15) is 49.3 Å². The van der Waals surface area contributed by atoms with Gasteiger partial charge in [-0.25, -0.2) is 0 Å². The van der Waals surface area contributed by atoms with Gasteiger partial charge in [-0.3, -0.25) is 4.98 Å². The van der Waals surface area contributed by atoms with Gasteiger partial charge in [0.1, 0.15) is 11.2 Å². The third kappa shape index (κ3) is 3.29. The van der Waals surface area contributed by atoms with E-state index in [4.69, 9.17) is 4.42 Å². The number of rotatable bonds is 4. The minimum absolute atomic E-state index is 0.327. The molecular weight excluding hydrogens is 366 g/mol. The summed E-state index contributed by atoms with van der Waals surface area (Å²) in [7, 11) is 0. The Morgan fingerprint density at radius 3 is 2.17 bits per heavy atom. The molecule has 0 N–H and O–H groups in total. The molecular formula is C28H25NO. The monoisotopic (exact) mass is 391 g/mol. The van der Waals surface area contributed by atoms with E-state index >= 15 is 0 Å². The van der Waals surface area contributed by atoms with Crippen LogP contribution in [-0.2, 0) is 0 Å². The molecule has 0 aliphatic heterocycles. The zero-order valence-electron chi connectivity index (χ0n) is 17.6. The Hall–Kier alpha value is -3.39. The van der Waals surface area contributed by atoms with E-state index in [9.17, 15) is 0 Å². The number of hydrogen-bond acceptors (Lipinski definition) is 2. The minimum Gasteiger partial charge on any atom is -0.456 e. The number of nitrogens with zero attached hydrogens (tertiary/aromatic N) is 1. The summed E-state index contributed by atoms with van der Waals surface area (Å²) < 4.78 is 6.13. The van der Waals surface area contributed by atoms with Gasteiger partial charge < -0.3 is 4.42 Å². The van der Waals surface area contributed by atoms with Gasteiger partial charge in [0.05, 0.1) is 5.69 Å². The molecule has 0 spiro atoms. The molecule has 2 heteroatoms. The van der Waals surface area contributed by atoms with Crippen molar-refractivity contribution in [3.8, 4) is 11.3 Å². The van der Waals surface area contributed by atoms with E-state index in [1.807, 2.05) is 6.20 Å². The van der Waals surface area contributed by atoms with Gasteiger partial charge in [0.25, 0.3) is 0 Å². The van der Waals surface area contributed by atoms with Gasteiger partial charge in [0.2, 0.25) is 0 Å². The molecule has 2 aromatic heterocycles. The number of pyridine rings is 1. The number of fused-ring (bicyclic) bond motifs is 3. The van der Waals surface area contributed by atoms with Crippen molar-refractivity contribution in [3.05, 3.63) is 102 Å². The second-order valence-corrected chi connectivity index (χ2v) is 8.33. The van der Waals surface area contributed by atoms with Crippen molar-refractivity contribution in [2.24, 2.45) is 0 Å². The Labute approximate surface area is 177 Å². The fourth-order valence-electron chi connectivity index (χ4n) is 4.12. The van der Waals surface area contributed by atoms with Crippen LogP contribution in [0.5, 0.6) is 0 Å². The predicted octanol–water partition coefficient (Wildman–Crippen LogP) is 7.92. The third-order valence-electron chi connectivity index (χ3n) is 6.04. The lowest BCUT2D eigenvalue weighted by molar-refractivity contribution is 0.668. The van der Waals surface area contributed by atoms with Crippen molar-refractivity contribution < 1.29 is 4.42 Å². The molecule has 148 valence electrons. The number of benzene rings is 3. The third-order valence-corrected chi connectivity index (χ3v) is 6.04. The highest BCUT2D eigenvalue weighted by Gasteiger charge is 2.14. The lowest BCUT2D eigenvalue weighted by Crippen LogP contribution is -1.95. The van der Waals surface area contributed by atoms with Crippen molar-refractivity contribution >= 4 is 21.9 Å². The van der Waals surface area contributed by atoms with Crippen molar-refractivity contribution in [1.29, 1.82) is 0 Å². The molecule has 5 rings (SSSR count). The number of hydrogen-bond donors (Lipinski definition) is 0. The Bertz CT molecular complexity index is 1330. The summed E-state index contributed by atoms with van der Waals surface area (Å²) in [6.07, 6.45) is 1.90. The Morgan fingerprint density at radius 1 is 0.667 bits per heavy atom. The lowest BCUT2D eigenvalue weighted by atomic mass is 9.92. The fraction of sp³-hybridized carbons (Fsp3) is 0.179. The van der Waals surface area contributed by atoms with Gasteiger partial charge in [-0.05, 0) is 65.1 Å². The largest absolute Gasteiger partial charge is 0.456 e. The van der Waals surface area contributed by atoms with E-state index in [0.29, 0.717) is 11.8 Å². The molecule has 2 heterocycles. The van der Waals surface area contributed by atoms with Crippen LogP contribution in [0.25, 0.3) is 33.2 Å². The van der Waals surface area contributed by atoms with Gasteiger partial charge in [-0.2, -0.15) is 0 Å². The van der Waals surface area contributed by atoms with Crippen molar-refractivity contribution in [1.82, 2.24) is 4.98 Å². The highest BCUT2D eigenvalue weighted by Crippen LogP contribution is 2.35. The summed E-state index contributed by atoms with van der Waals surface area (Å²) in [5.41, 5.74) is 7.88. The van der Waals surface area contributed by atoms with E-state index in [0.717, 1.165) is 33.2 Å². The van der Waals surface area contributed by atoms with Crippen LogP contribution < -0.4 is 0 Å². The maximum absolute atomic E-state index is 6.13. The summed E-state index contributed by atoms with van der Waals surface area (Å²) in [6.45, 7) is 6.67. The zero-order chi connectivity index (χ0) is 20.7. The Balaban J connectivity index is 1.62. The summed E-state index contributed by atoms with van der Waals surface area (Å²) in [5.74, 6) is 0.806. The molecule has 5 aromatic rings. The van der Waals surface area contributed by atoms with E-state index in [1.165, 1.54) is 16.7 Å². The second-order valence-electron chi connectivity index (χ2n) is 8.33. The first-order chi connectivity index (χ1) is 14.6. The Morgan fingerprint density at radius 2 is 1.40 bits per heavy atom. The first kappa shape index (κ1) is 18.6. The molecule has 1 atom stereocenters. The van der Waals surface area contributed by atoms with Crippen molar-refractivity contribution in [3.63, 3.8) is 0 Å². The molecule has 0 aliphatic rings. The van der Waals surface area contributed by atoms with Crippen molar-refractivity contribution in [2.75, 3.05) is 0 Å². The van der Waals surface area contributed by atoms with Crippen LogP contribution in [0.3, 0.4) is 0 Å². The maximum Gasteiger partial charge on any atom is 0.135 e. The molecule has 3 aromatic carbocycles. The van der Waals surface area contributed by atoms with Gasteiger partial charge in [-0.1, -0.05) is 57.2 Å². The molecule has 0 amide bonds. The fourth-order valence-corrected chi connectivity index (χ4v) is 4.12. The summed E-state index contributed by atoms with van der Waals surface area (Å²) in [4.78, 5) is 4.62. The van der Waals surface area contributed by atoms with E-state index in [1.54, 1.807) is 0 Å². The molecule has 0 saturated carbocycles. The topological polar surface area (TPSA) is 26.0 Å².